The van der Waals surface area contributed by atoms with Crippen LogP contribution < -0.4 is 5.32 Å². The number of hydrogen-bond donors (Lipinski definition) is 2. The summed E-state index contributed by atoms with van der Waals surface area (Å²) in [6.45, 7) is 5.58. The average molecular weight is 207 g/mol. The van der Waals surface area contributed by atoms with Crippen LogP contribution in [0.4, 0.5) is 0 Å². The van der Waals surface area contributed by atoms with Crippen molar-refractivity contribution >= 4 is 0 Å². The molecule has 2 nitrogen and oxygen atoms in total. The molecule has 0 spiro atoms. The molecule has 1 atom stereocenters. The number of aliphatic hydroxyl groups excluding tert-OH is 1. The fourth-order valence-corrected chi connectivity index (χ4v) is 1.74. The maximum atomic E-state index is 8.66. The lowest BCUT2D eigenvalue weighted by Crippen LogP contribution is -2.20. The third-order valence-electron chi connectivity index (χ3n) is 2.69. The molecule has 0 aliphatic carbocycles. The monoisotopic (exact) mass is 207 g/mol. The molecule has 84 valence electrons. The van der Waals surface area contributed by atoms with E-state index in [1.165, 1.54) is 11.1 Å². The zero-order chi connectivity index (χ0) is 11.1. The molecule has 1 aromatic rings. The van der Waals surface area contributed by atoms with Crippen LogP contribution in [0.1, 0.15) is 36.9 Å². The van der Waals surface area contributed by atoms with Crippen LogP contribution in [0.25, 0.3) is 0 Å². The molecule has 2 heteroatoms. The van der Waals surface area contributed by atoms with Crippen LogP contribution in [0.15, 0.2) is 24.3 Å². The lowest BCUT2D eigenvalue weighted by Gasteiger charge is -2.16. The lowest BCUT2D eigenvalue weighted by atomic mass is 10.0. The SMILES string of the molecule is Cc1ccccc1C(C)NCCCCO. The van der Waals surface area contributed by atoms with Crippen LogP contribution in [0.5, 0.6) is 0 Å². The van der Waals surface area contributed by atoms with E-state index in [4.69, 9.17) is 5.11 Å². The zero-order valence-corrected chi connectivity index (χ0v) is 9.66. The van der Waals surface area contributed by atoms with Crippen molar-refractivity contribution in [2.45, 2.75) is 32.7 Å². The van der Waals surface area contributed by atoms with Crippen molar-refractivity contribution < 1.29 is 5.11 Å². The number of nitrogens with one attached hydrogen (secondary N) is 1. The maximum absolute atomic E-state index is 8.66. The number of rotatable bonds is 6. The van der Waals surface area contributed by atoms with Crippen molar-refractivity contribution in [1.29, 1.82) is 0 Å². The van der Waals surface area contributed by atoms with Crippen LogP contribution in [-0.2, 0) is 0 Å². The van der Waals surface area contributed by atoms with Gasteiger partial charge >= 0.3 is 0 Å². The van der Waals surface area contributed by atoms with Gasteiger partial charge in [0, 0.05) is 12.6 Å². The molecule has 1 rings (SSSR count). The van der Waals surface area contributed by atoms with Crippen molar-refractivity contribution in [3.63, 3.8) is 0 Å². The minimum absolute atomic E-state index is 0.292. The highest BCUT2D eigenvalue weighted by Crippen LogP contribution is 2.16. The maximum Gasteiger partial charge on any atom is 0.0431 e. The van der Waals surface area contributed by atoms with Crippen molar-refractivity contribution in [1.82, 2.24) is 5.32 Å². The Bertz CT molecular complexity index is 286. The second-order valence-corrected chi connectivity index (χ2v) is 3.96. The smallest absolute Gasteiger partial charge is 0.0431 e. The number of aliphatic hydroxyl groups is 1. The predicted molar refractivity (Wildman–Crippen MR) is 63.9 cm³/mol. The van der Waals surface area contributed by atoms with Gasteiger partial charge in [0.25, 0.3) is 0 Å². The summed E-state index contributed by atoms with van der Waals surface area (Å²) in [5, 5.41) is 12.1. The van der Waals surface area contributed by atoms with Crippen LogP contribution in [0, 0.1) is 6.92 Å². The van der Waals surface area contributed by atoms with Crippen LogP contribution in [-0.4, -0.2) is 18.3 Å². The molecule has 0 aliphatic rings. The lowest BCUT2D eigenvalue weighted by molar-refractivity contribution is 0.283. The highest BCUT2D eigenvalue weighted by atomic mass is 16.2. The van der Waals surface area contributed by atoms with Gasteiger partial charge < -0.3 is 10.4 Å². The fourth-order valence-electron chi connectivity index (χ4n) is 1.74. The average Bonchev–Trinajstić information content (AvgIpc) is 2.25. The molecule has 2 N–H and O–H groups in total. The third-order valence-corrected chi connectivity index (χ3v) is 2.69. The van der Waals surface area contributed by atoms with Crippen molar-refractivity contribution in [2.24, 2.45) is 0 Å². The molecular weight excluding hydrogens is 186 g/mol. The van der Waals surface area contributed by atoms with Gasteiger partial charge in [0.2, 0.25) is 0 Å². The van der Waals surface area contributed by atoms with Crippen molar-refractivity contribution in [3.8, 4) is 0 Å². The highest BCUT2D eigenvalue weighted by Gasteiger charge is 2.05. The zero-order valence-electron chi connectivity index (χ0n) is 9.66. The normalized spacial score (nSPS) is 12.7. The number of benzene rings is 1. The van der Waals surface area contributed by atoms with E-state index in [-0.39, 0.29) is 0 Å². The quantitative estimate of drug-likeness (QED) is 0.702. The van der Waals surface area contributed by atoms with Gasteiger partial charge in [-0.15, -0.1) is 0 Å². The summed E-state index contributed by atoms with van der Waals surface area (Å²) in [5.41, 5.74) is 2.70. The topological polar surface area (TPSA) is 32.3 Å². The summed E-state index contributed by atoms with van der Waals surface area (Å²) in [6, 6.07) is 8.84. The van der Waals surface area contributed by atoms with Gasteiger partial charge in [0.1, 0.15) is 0 Å². The van der Waals surface area contributed by atoms with Gasteiger partial charge in [0.15, 0.2) is 0 Å². The standard InChI is InChI=1S/C13H21NO/c1-11-7-3-4-8-13(11)12(2)14-9-5-6-10-15/h3-4,7-8,12,14-15H,5-6,9-10H2,1-2H3. The van der Waals surface area contributed by atoms with E-state index in [0.29, 0.717) is 12.6 Å². The second kappa shape index (κ2) is 6.59. The molecule has 0 radical (unpaired) electrons. The molecule has 0 aromatic heterocycles. The first-order chi connectivity index (χ1) is 7.25. The molecule has 0 aliphatic heterocycles. The Hall–Kier alpha value is -0.860. The highest BCUT2D eigenvalue weighted by molar-refractivity contribution is 5.28. The van der Waals surface area contributed by atoms with Crippen LogP contribution in [0.3, 0.4) is 0 Å². The fraction of sp³-hybridized carbons (Fsp3) is 0.538. The Kier molecular flexibility index (Phi) is 5.37. The van der Waals surface area contributed by atoms with E-state index in [1.807, 2.05) is 0 Å². The summed E-state index contributed by atoms with van der Waals surface area (Å²) in [7, 11) is 0. The van der Waals surface area contributed by atoms with Gasteiger partial charge in [-0.1, -0.05) is 24.3 Å². The molecule has 0 fully saturated rings. The first-order valence-electron chi connectivity index (χ1n) is 5.65. The van der Waals surface area contributed by atoms with Gasteiger partial charge in [-0.05, 0) is 44.4 Å². The van der Waals surface area contributed by atoms with E-state index < -0.39 is 0 Å². The molecule has 0 bridgehead atoms. The molecule has 1 aromatic carbocycles. The first-order valence-corrected chi connectivity index (χ1v) is 5.65. The van der Waals surface area contributed by atoms with Crippen molar-refractivity contribution in [3.05, 3.63) is 35.4 Å². The number of aryl methyl sites for hydroxylation is 1. The van der Waals surface area contributed by atoms with Gasteiger partial charge in [0.05, 0.1) is 0 Å². The van der Waals surface area contributed by atoms with Gasteiger partial charge in [-0.3, -0.25) is 0 Å². The molecule has 15 heavy (non-hydrogen) atoms. The van der Waals surface area contributed by atoms with Gasteiger partial charge in [-0.2, -0.15) is 0 Å². The van der Waals surface area contributed by atoms with E-state index in [2.05, 4.69) is 43.4 Å². The third kappa shape index (κ3) is 4.02. The Labute approximate surface area is 92.3 Å². The summed E-state index contributed by atoms with van der Waals surface area (Å²) in [4.78, 5) is 0. The Morgan fingerprint density at radius 1 is 1.27 bits per heavy atom. The van der Waals surface area contributed by atoms with E-state index in [1.54, 1.807) is 0 Å². The van der Waals surface area contributed by atoms with Crippen LogP contribution in [0.2, 0.25) is 0 Å². The summed E-state index contributed by atoms with van der Waals surface area (Å²) < 4.78 is 0. The molecule has 0 saturated heterocycles. The van der Waals surface area contributed by atoms with E-state index in [9.17, 15) is 0 Å². The number of hydrogen-bond acceptors (Lipinski definition) is 2. The van der Waals surface area contributed by atoms with Gasteiger partial charge in [-0.25, -0.2) is 0 Å². The van der Waals surface area contributed by atoms with Crippen molar-refractivity contribution in [2.75, 3.05) is 13.2 Å². The first kappa shape index (κ1) is 12.2. The predicted octanol–water partition coefficient (Wildman–Crippen LogP) is 2.42. The Morgan fingerprint density at radius 3 is 2.67 bits per heavy atom. The second-order valence-electron chi connectivity index (χ2n) is 3.96. The minimum atomic E-state index is 0.292. The van der Waals surface area contributed by atoms with E-state index in [0.717, 1.165) is 19.4 Å². The molecule has 0 amide bonds. The molecule has 0 saturated carbocycles. The van der Waals surface area contributed by atoms with Crippen LogP contribution >= 0.6 is 0 Å². The summed E-state index contributed by atoms with van der Waals surface area (Å²) >= 11 is 0. The molecular formula is C13H21NO. The molecule has 0 heterocycles. The van der Waals surface area contributed by atoms with E-state index >= 15 is 0 Å². The Morgan fingerprint density at radius 2 is 2.00 bits per heavy atom. The largest absolute Gasteiger partial charge is 0.396 e. The number of unbranched alkanes of at least 4 members (excludes halogenated alkanes) is 1. The summed E-state index contributed by atoms with van der Waals surface area (Å²) in [6.07, 6.45) is 1.92. The minimum Gasteiger partial charge on any atom is -0.396 e. The Balaban J connectivity index is 2.40. The molecule has 1 unspecified atom stereocenters. The summed E-state index contributed by atoms with van der Waals surface area (Å²) in [5.74, 6) is 0.